The lowest BCUT2D eigenvalue weighted by atomic mass is 10.1. The van der Waals surface area contributed by atoms with Crippen molar-refractivity contribution in [3.05, 3.63) is 29.5 Å². The number of carbonyl (C=O) groups is 1. The van der Waals surface area contributed by atoms with E-state index in [0.29, 0.717) is 24.4 Å². The summed E-state index contributed by atoms with van der Waals surface area (Å²) in [6.45, 7) is 2.29. The molecule has 2 rings (SSSR count). The van der Waals surface area contributed by atoms with Crippen molar-refractivity contribution in [3.8, 4) is 11.5 Å². The number of benzene rings is 1. The van der Waals surface area contributed by atoms with Crippen LogP contribution in [0.3, 0.4) is 0 Å². The molecule has 0 bridgehead atoms. The van der Waals surface area contributed by atoms with E-state index in [-0.39, 0.29) is 5.97 Å². The van der Waals surface area contributed by atoms with Gasteiger partial charge in [0.25, 0.3) is 0 Å². The molecule has 1 aliphatic rings. The van der Waals surface area contributed by atoms with Crippen LogP contribution in [0.4, 0.5) is 5.69 Å². The molecule has 5 heteroatoms. The molecule has 19 heavy (non-hydrogen) atoms. The topological polar surface area (TPSA) is 56.8 Å². The van der Waals surface area contributed by atoms with Crippen LogP contribution in [0.1, 0.15) is 13.3 Å². The van der Waals surface area contributed by atoms with E-state index >= 15 is 0 Å². The first-order chi connectivity index (χ1) is 9.15. The standard InChI is InChI=1S/C14H17NO4/c1-9(11-6-7-19-14(11)16)15-12-8-10(17-2)4-5-13(12)18-3/h4-5,8,15H,6-7H2,1-3H3/b11-9+. The Hall–Kier alpha value is -2.17. The molecule has 1 aliphatic heterocycles. The molecule has 0 aliphatic carbocycles. The second kappa shape index (κ2) is 5.65. The van der Waals surface area contributed by atoms with Crippen molar-refractivity contribution >= 4 is 11.7 Å². The third kappa shape index (κ3) is 2.81. The molecule has 1 aromatic carbocycles. The van der Waals surface area contributed by atoms with Crippen LogP contribution in [-0.4, -0.2) is 26.8 Å². The molecule has 0 radical (unpaired) electrons. The summed E-state index contributed by atoms with van der Waals surface area (Å²) in [7, 11) is 3.20. The Bertz CT molecular complexity index is 522. The third-order valence-electron chi connectivity index (χ3n) is 3.01. The number of nitrogens with one attached hydrogen (secondary N) is 1. The number of hydrogen-bond acceptors (Lipinski definition) is 5. The smallest absolute Gasteiger partial charge is 0.335 e. The maximum atomic E-state index is 11.5. The molecule has 1 saturated heterocycles. The van der Waals surface area contributed by atoms with Gasteiger partial charge in [-0.25, -0.2) is 4.79 Å². The van der Waals surface area contributed by atoms with Gasteiger partial charge in [-0.1, -0.05) is 0 Å². The largest absolute Gasteiger partial charge is 0.497 e. The fourth-order valence-electron chi connectivity index (χ4n) is 1.96. The highest BCUT2D eigenvalue weighted by molar-refractivity contribution is 5.91. The van der Waals surface area contributed by atoms with Crippen LogP contribution in [-0.2, 0) is 9.53 Å². The lowest BCUT2D eigenvalue weighted by Crippen LogP contribution is -2.06. The van der Waals surface area contributed by atoms with Crippen LogP contribution in [0.25, 0.3) is 0 Å². The minimum Gasteiger partial charge on any atom is -0.497 e. The van der Waals surface area contributed by atoms with Crippen molar-refractivity contribution in [3.63, 3.8) is 0 Å². The van der Waals surface area contributed by atoms with E-state index in [9.17, 15) is 4.79 Å². The van der Waals surface area contributed by atoms with Crippen LogP contribution < -0.4 is 14.8 Å². The molecular formula is C14H17NO4. The number of cyclic esters (lactones) is 1. The molecule has 0 atom stereocenters. The van der Waals surface area contributed by atoms with Crippen LogP contribution in [0.15, 0.2) is 29.5 Å². The predicted octanol–water partition coefficient (Wildman–Crippen LogP) is 2.34. The Morgan fingerprint density at radius 1 is 1.32 bits per heavy atom. The Balaban J connectivity index is 2.29. The number of methoxy groups -OCH3 is 2. The number of ether oxygens (including phenoxy) is 3. The molecule has 1 fully saturated rings. The first kappa shape index (κ1) is 13.3. The zero-order valence-corrected chi connectivity index (χ0v) is 11.3. The van der Waals surface area contributed by atoms with Crippen molar-refractivity contribution in [1.29, 1.82) is 0 Å². The zero-order valence-electron chi connectivity index (χ0n) is 11.3. The van der Waals surface area contributed by atoms with E-state index in [1.54, 1.807) is 14.2 Å². The van der Waals surface area contributed by atoms with Gasteiger partial charge in [0.2, 0.25) is 0 Å². The van der Waals surface area contributed by atoms with E-state index in [1.807, 2.05) is 25.1 Å². The van der Waals surface area contributed by atoms with E-state index in [1.165, 1.54) is 0 Å². The molecular weight excluding hydrogens is 246 g/mol. The summed E-state index contributed by atoms with van der Waals surface area (Å²) >= 11 is 0. The zero-order chi connectivity index (χ0) is 13.8. The lowest BCUT2D eigenvalue weighted by molar-refractivity contribution is -0.135. The lowest BCUT2D eigenvalue weighted by Gasteiger charge is -2.13. The monoisotopic (exact) mass is 263 g/mol. The first-order valence-electron chi connectivity index (χ1n) is 6.01. The SMILES string of the molecule is COc1ccc(OC)c(N/C(C)=C2\CCOC2=O)c1. The first-order valence-corrected chi connectivity index (χ1v) is 6.01. The van der Waals surface area contributed by atoms with Gasteiger partial charge in [0, 0.05) is 18.2 Å². The number of esters is 1. The molecule has 5 nitrogen and oxygen atoms in total. The van der Waals surface area contributed by atoms with Gasteiger partial charge in [-0.05, 0) is 19.1 Å². The van der Waals surface area contributed by atoms with Gasteiger partial charge in [0.15, 0.2) is 0 Å². The van der Waals surface area contributed by atoms with E-state index in [2.05, 4.69) is 5.32 Å². The highest BCUT2D eigenvalue weighted by Crippen LogP contribution is 2.31. The van der Waals surface area contributed by atoms with Crippen LogP contribution in [0.5, 0.6) is 11.5 Å². The normalized spacial score (nSPS) is 16.9. The number of hydrogen-bond donors (Lipinski definition) is 1. The van der Waals surface area contributed by atoms with Crippen molar-refractivity contribution in [2.24, 2.45) is 0 Å². The molecule has 0 spiro atoms. The molecule has 0 unspecified atom stereocenters. The molecule has 1 heterocycles. The maximum absolute atomic E-state index is 11.5. The fourth-order valence-corrected chi connectivity index (χ4v) is 1.96. The third-order valence-corrected chi connectivity index (χ3v) is 3.01. The predicted molar refractivity (Wildman–Crippen MR) is 71.4 cm³/mol. The van der Waals surface area contributed by atoms with Gasteiger partial charge >= 0.3 is 5.97 Å². The molecule has 0 saturated carbocycles. The average molecular weight is 263 g/mol. The van der Waals surface area contributed by atoms with Gasteiger partial charge < -0.3 is 19.5 Å². The Morgan fingerprint density at radius 2 is 2.11 bits per heavy atom. The number of carbonyl (C=O) groups excluding carboxylic acids is 1. The van der Waals surface area contributed by atoms with Gasteiger partial charge in [-0.15, -0.1) is 0 Å². The van der Waals surface area contributed by atoms with Crippen LogP contribution in [0.2, 0.25) is 0 Å². The van der Waals surface area contributed by atoms with Crippen LogP contribution in [0, 0.1) is 0 Å². The summed E-state index contributed by atoms with van der Waals surface area (Å²) in [6, 6.07) is 5.45. The van der Waals surface area contributed by atoms with Crippen molar-refractivity contribution < 1.29 is 19.0 Å². The Morgan fingerprint density at radius 3 is 2.68 bits per heavy atom. The summed E-state index contributed by atoms with van der Waals surface area (Å²) in [5.74, 6) is 1.15. The second-order valence-electron chi connectivity index (χ2n) is 4.18. The highest BCUT2D eigenvalue weighted by Gasteiger charge is 2.21. The van der Waals surface area contributed by atoms with Gasteiger partial charge in [0.05, 0.1) is 32.1 Å². The molecule has 102 valence electrons. The molecule has 0 amide bonds. The average Bonchev–Trinajstić information content (AvgIpc) is 2.85. The molecule has 1 N–H and O–H groups in total. The Labute approximate surface area is 112 Å². The van der Waals surface area contributed by atoms with Crippen molar-refractivity contribution in [2.75, 3.05) is 26.1 Å². The van der Waals surface area contributed by atoms with E-state index in [0.717, 1.165) is 17.1 Å². The van der Waals surface area contributed by atoms with Crippen LogP contribution >= 0.6 is 0 Å². The number of rotatable bonds is 4. The quantitative estimate of drug-likeness (QED) is 0.667. The highest BCUT2D eigenvalue weighted by atomic mass is 16.5. The maximum Gasteiger partial charge on any atom is 0.335 e. The number of anilines is 1. The van der Waals surface area contributed by atoms with E-state index < -0.39 is 0 Å². The van der Waals surface area contributed by atoms with Gasteiger partial charge in [-0.3, -0.25) is 0 Å². The van der Waals surface area contributed by atoms with Crippen molar-refractivity contribution in [2.45, 2.75) is 13.3 Å². The Kier molecular flexibility index (Phi) is 3.94. The summed E-state index contributed by atoms with van der Waals surface area (Å²) in [5.41, 5.74) is 2.20. The van der Waals surface area contributed by atoms with Crippen molar-refractivity contribution in [1.82, 2.24) is 0 Å². The summed E-state index contributed by atoms with van der Waals surface area (Å²) in [5, 5.41) is 3.18. The van der Waals surface area contributed by atoms with Gasteiger partial charge in [-0.2, -0.15) is 0 Å². The molecule has 0 aromatic heterocycles. The summed E-state index contributed by atoms with van der Waals surface area (Å²) < 4.78 is 15.4. The van der Waals surface area contributed by atoms with E-state index in [4.69, 9.17) is 14.2 Å². The number of allylic oxidation sites excluding steroid dienone is 1. The fraction of sp³-hybridized carbons (Fsp3) is 0.357. The summed E-state index contributed by atoms with van der Waals surface area (Å²) in [6.07, 6.45) is 0.629. The second-order valence-corrected chi connectivity index (χ2v) is 4.18. The minimum atomic E-state index is -0.258. The van der Waals surface area contributed by atoms with Gasteiger partial charge in [0.1, 0.15) is 11.5 Å². The molecule has 1 aromatic rings. The minimum absolute atomic E-state index is 0.258. The summed E-state index contributed by atoms with van der Waals surface area (Å²) in [4.78, 5) is 11.5.